The number of fused-ring (bicyclic) bond motifs is 1. The maximum atomic E-state index is 9.53. The number of nitrogens with one attached hydrogen (secondary N) is 1. The Morgan fingerprint density at radius 1 is 1.05 bits per heavy atom. The molecule has 3 heterocycles. The number of hydrogen-bond acceptors (Lipinski definition) is 5. The molecule has 0 saturated carbocycles. The summed E-state index contributed by atoms with van der Waals surface area (Å²) in [5.74, 6) is 2.70. The summed E-state index contributed by atoms with van der Waals surface area (Å²) in [6.07, 6.45) is 0. The second-order valence-electron chi connectivity index (χ2n) is 5.91. The Kier molecular flexibility index (Phi) is 3.00. The zero-order chi connectivity index (χ0) is 14.2. The number of hydrogen-bond donors (Lipinski definition) is 2. The minimum Gasteiger partial charge on any atom is -0.508 e. The normalized spacial score (nSPS) is 24.3. The van der Waals surface area contributed by atoms with Crippen LogP contribution in [-0.2, 0) is 0 Å². The third-order valence-corrected chi connectivity index (χ3v) is 4.51. The molecule has 1 aromatic heterocycles. The van der Waals surface area contributed by atoms with Crippen LogP contribution in [0.25, 0.3) is 11.3 Å². The second kappa shape index (κ2) is 5.00. The van der Waals surface area contributed by atoms with Crippen molar-refractivity contribution >= 4 is 5.82 Å². The highest BCUT2D eigenvalue weighted by atomic mass is 16.3. The van der Waals surface area contributed by atoms with E-state index >= 15 is 0 Å². The molecule has 2 aliphatic rings. The van der Waals surface area contributed by atoms with E-state index in [-0.39, 0.29) is 5.75 Å². The fourth-order valence-electron chi connectivity index (χ4n) is 3.36. The number of rotatable bonds is 2. The van der Waals surface area contributed by atoms with Crippen molar-refractivity contribution in [3.63, 3.8) is 0 Å². The third kappa shape index (κ3) is 2.34. The Labute approximate surface area is 123 Å². The maximum absolute atomic E-state index is 9.53. The summed E-state index contributed by atoms with van der Waals surface area (Å²) in [5.41, 5.74) is 1.67. The summed E-state index contributed by atoms with van der Waals surface area (Å²) in [6, 6.07) is 11.1. The molecule has 2 aliphatic heterocycles. The van der Waals surface area contributed by atoms with Crippen LogP contribution in [0.5, 0.6) is 5.75 Å². The van der Waals surface area contributed by atoms with E-state index in [1.54, 1.807) is 12.1 Å². The predicted octanol–water partition coefficient (Wildman–Crippen LogP) is 1.50. The van der Waals surface area contributed by atoms with Crippen LogP contribution in [0.15, 0.2) is 36.4 Å². The van der Waals surface area contributed by atoms with Crippen molar-refractivity contribution in [2.45, 2.75) is 0 Å². The molecule has 108 valence electrons. The van der Waals surface area contributed by atoms with Crippen molar-refractivity contribution in [1.29, 1.82) is 0 Å². The second-order valence-corrected chi connectivity index (χ2v) is 5.91. The minimum atomic E-state index is 0.248. The van der Waals surface area contributed by atoms with Crippen molar-refractivity contribution in [3.05, 3.63) is 36.4 Å². The van der Waals surface area contributed by atoms with Gasteiger partial charge in [-0.15, -0.1) is 10.2 Å². The van der Waals surface area contributed by atoms with Gasteiger partial charge in [-0.25, -0.2) is 0 Å². The molecule has 0 unspecified atom stereocenters. The van der Waals surface area contributed by atoms with Gasteiger partial charge in [-0.2, -0.15) is 0 Å². The lowest BCUT2D eigenvalue weighted by molar-refractivity contribution is 0.475. The van der Waals surface area contributed by atoms with Crippen molar-refractivity contribution in [3.8, 4) is 17.0 Å². The summed E-state index contributed by atoms with van der Waals surface area (Å²) < 4.78 is 0. The summed E-state index contributed by atoms with van der Waals surface area (Å²) in [4.78, 5) is 2.33. The van der Waals surface area contributed by atoms with Crippen LogP contribution in [0, 0.1) is 11.8 Å². The SMILES string of the molecule is Oc1cccc(-c2ccc(N3C[C@H]4CNC[C@H]4C3)nn2)c1. The van der Waals surface area contributed by atoms with E-state index in [0.717, 1.165) is 55.1 Å². The first-order chi connectivity index (χ1) is 10.3. The lowest BCUT2D eigenvalue weighted by atomic mass is 10.0. The molecule has 0 radical (unpaired) electrons. The van der Waals surface area contributed by atoms with E-state index in [4.69, 9.17) is 0 Å². The number of aromatic nitrogens is 2. The van der Waals surface area contributed by atoms with Crippen molar-refractivity contribution in [2.24, 2.45) is 11.8 Å². The Bertz CT molecular complexity index is 631. The van der Waals surface area contributed by atoms with Crippen LogP contribution in [-0.4, -0.2) is 41.5 Å². The van der Waals surface area contributed by atoms with Gasteiger partial charge >= 0.3 is 0 Å². The summed E-state index contributed by atoms with van der Waals surface area (Å²) in [7, 11) is 0. The molecule has 0 spiro atoms. The first-order valence-electron chi connectivity index (χ1n) is 7.38. The van der Waals surface area contributed by atoms with Gasteiger partial charge in [0.25, 0.3) is 0 Å². The van der Waals surface area contributed by atoms with Crippen molar-refractivity contribution in [1.82, 2.24) is 15.5 Å². The Morgan fingerprint density at radius 2 is 1.86 bits per heavy atom. The molecule has 21 heavy (non-hydrogen) atoms. The number of anilines is 1. The quantitative estimate of drug-likeness (QED) is 0.874. The number of nitrogens with zero attached hydrogens (tertiary/aromatic N) is 3. The topological polar surface area (TPSA) is 61.3 Å². The van der Waals surface area contributed by atoms with E-state index in [2.05, 4.69) is 20.4 Å². The first kappa shape index (κ1) is 12.6. The third-order valence-electron chi connectivity index (χ3n) is 4.51. The maximum Gasteiger partial charge on any atom is 0.151 e. The largest absolute Gasteiger partial charge is 0.508 e. The summed E-state index contributed by atoms with van der Waals surface area (Å²) in [6.45, 7) is 4.38. The van der Waals surface area contributed by atoms with Gasteiger partial charge < -0.3 is 15.3 Å². The average Bonchev–Trinajstić information content (AvgIpc) is 3.09. The van der Waals surface area contributed by atoms with Gasteiger partial charge in [-0.1, -0.05) is 12.1 Å². The van der Waals surface area contributed by atoms with Gasteiger partial charge in [0.05, 0.1) is 5.69 Å². The molecule has 4 rings (SSSR count). The highest BCUT2D eigenvalue weighted by Crippen LogP contribution is 2.30. The standard InChI is InChI=1S/C16H18N4O/c21-14-3-1-2-11(6-14)15-4-5-16(19-18-15)20-9-12-7-17-8-13(12)10-20/h1-6,12-13,17,21H,7-10H2/t12-,13+. The van der Waals surface area contributed by atoms with Gasteiger partial charge in [-0.05, 0) is 36.1 Å². The summed E-state index contributed by atoms with van der Waals surface area (Å²) >= 11 is 0. The van der Waals surface area contributed by atoms with E-state index in [1.807, 2.05) is 24.3 Å². The molecular weight excluding hydrogens is 264 g/mol. The van der Waals surface area contributed by atoms with E-state index in [9.17, 15) is 5.11 Å². The predicted molar refractivity (Wildman–Crippen MR) is 81.2 cm³/mol. The molecule has 0 amide bonds. The average molecular weight is 282 g/mol. The van der Waals surface area contributed by atoms with Crippen LogP contribution < -0.4 is 10.2 Å². The molecule has 2 N–H and O–H groups in total. The Hall–Kier alpha value is -2.14. The molecule has 0 bridgehead atoms. The van der Waals surface area contributed by atoms with Crippen molar-refractivity contribution in [2.75, 3.05) is 31.1 Å². The van der Waals surface area contributed by atoms with Gasteiger partial charge in [0.1, 0.15) is 5.75 Å². The van der Waals surface area contributed by atoms with Gasteiger partial charge in [0.15, 0.2) is 5.82 Å². The summed E-state index contributed by atoms with van der Waals surface area (Å²) in [5, 5.41) is 21.7. The lowest BCUT2D eigenvalue weighted by Crippen LogP contribution is -2.26. The first-order valence-corrected chi connectivity index (χ1v) is 7.38. The fourth-order valence-corrected chi connectivity index (χ4v) is 3.36. The molecule has 2 atom stereocenters. The van der Waals surface area contributed by atoms with Gasteiger partial charge in [-0.3, -0.25) is 0 Å². The monoisotopic (exact) mass is 282 g/mol. The molecule has 2 fully saturated rings. The smallest absolute Gasteiger partial charge is 0.151 e. The number of aromatic hydroxyl groups is 1. The number of phenols is 1. The van der Waals surface area contributed by atoms with Gasteiger partial charge in [0, 0.05) is 31.7 Å². The van der Waals surface area contributed by atoms with Crippen LogP contribution in [0.3, 0.4) is 0 Å². The molecule has 5 heteroatoms. The number of benzene rings is 1. The molecule has 2 saturated heterocycles. The zero-order valence-electron chi connectivity index (χ0n) is 11.7. The Morgan fingerprint density at radius 3 is 2.52 bits per heavy atom. The van der Waals surface area contributed by atoms with E-state index < -0.39 is 0 Å². The highest BCUT2D eigenvalue weighted by Gasteiger charge is 2.36. The zero-order valence-corrected chi connectivity index (χ0v) is 11.7. The van der Waals surface area contributed by atoms with Crippen LogP contribution in [0.4, 0.5) is 5.82 Å². The van der Waals surface area contributed by atoms with Gasteiger partial charge in [0.2, 0.25) is 0 Å². The fraction of sp³-hybridized carbons (Fsp3) is 0.375. The van der Waals surface area contributed by atoms with Crippen molar-refractivity contribution < 1.29 is 5.11 Å². The molecule has 1 aromatic carbocycles. The lowest BCUT2D eigenvalue weighted by Gasteiger charge is -2.17. The highest BCUT2D eigenvalue weighted by molar-refractivity contribution is 5.61. The van der Waals surface area contributed by atoms with E-state index in [1.165, 1.54) is 0 Å². The van der Waals surface area contributed by atoms with E-state index in [0.29, 0.717) is 0 Å². The molecule has 5 nitrogen and oxygen atoms in total. The molecule has 0 aliphatic carbocycles. The van der Waals surface area contributed by atoms with Crippen LogP contribution >= 0.6 is 0 Å². The molecule has 2 aromatic rings. The van der Waals surface area contributed by atoms with Crippen LogP contribution in [0.1, 0.15) is 0 Å². The minimum absolute atomic E-state index is 0.248. The molecular formula is C16H18N4O. The van der Waals surface area contributed by atoms with Crippen LogP contribution in [0.2, 0.25) is 0 Å². The number of phenolic OH excluding ortho intramolecular Hbond substituents is 1. The Balaban J connectivity index is 1.54.